The first-order valence-electron chi connectivity index (χ1n) is 27.2. The standard InChI is InChI=1S/C55H104O6/c1-4-7-10-13-16-19-22-24-26-27-29-30-33-36-39-42-45-48-54(57)60-51-52(50-59-53(56)47-44-41-38-35-32-21-18-15-12-9-6-3)61-55(58)49-46-43-40-37-34-31-28-25-23-20-17-14-11-8-5-2/h25,28,52H,4-24,26-27,29-51H2,1-3H3/b28-25-/t52-/m1/s1. The second-order valence-electron chi connectivity index (χ2n) is 18.5. The van der Waals surface area contributed by atoms with E-state index in [1.54, 1.807) is 0 Å². The zero-order valence-corrected chi connectivity index (χ0v) is 41.2. The molecule has 360 valence electrons. The first-order chi connectivity index (χ1) is 30.0. The highest BCUT2D eigenvalue weighted by Crippen LogP contribution is 2.16. The maximum atomic E-state index is 12.8. The van der Waals surface area contributed by atoms with E-state index >= 15 is 0 Å². The van der Waals surface area contributed by atoms with Gasteiger partial charge in [-0.25, -0.2) is 0 Å². The molecule has 0 N–H and O–H groups in total. The molecule has 0 saturated carbocycles. The van der Waals surface area contributed by atoms with Crippen molar-refractivity contribution >= 4 is 17.9 Å². The molecule has 0 aromatic rings. The van der Waals surface area contributed by atoms with Crippen LogP contribution < -0.4 is 0 Å². The molecule has 0 rings (SSSR count). The summed E-state index contributed by atoms with van der Waals surface area (Å²) in [7, 11) is 0. The number of allylic oxidation sites excluding steroid dienone is 2. The molecule has 0 heterocycles. The minimum Gasteiger partial charge on any atom is -0.462 e. The van der Waals surface area contributed by atoms with Crippen molar-refractivity contribution in [3.63, 3.8) is 0 Å². The molecule has 0 fully saturated rings. The van der Waals surface area contributed by atoms with Crippen LogP contribution in [-0.2, 0) is 28.6 Å². The largest absolute Gasteiger partial charge is 0.462 e. The summed E-state index contributed by atoms with van der Waals surface area (Å²) < 4.78 is 16.8. The highest BCUT2D eigenvalue weighted by molar-refractivity contribution is 5.71. The molecule has 0 saturated heterocycles. The molecule has 0 amide bonds. The molecule has 0 radical (unpaired) electrons. The van der Waals surface area contributed by atoms with Gasteiger partial charge in [-0.15, -0.1) is 0 Å². The van der Waals surface area contributed by atoms with Crippen LogP contribution in [0.15, 0.2) is 12.2 Å². The lowest BCUT2D eigenvalue weighted by atomic mass is 10.0. The Kier molecular flexibility index (Phi) is 49.3. The first-order valence-corrected chi connectivity index (χ1v) is 27.2. The molecule has 0 aliphatic rings. The van der Waals surface area contributed by atoms with Gasteiger partial charge in [-0.1, -0.05) is 251 Å². The van der Waals surface area contributed by atoms with Crippen LogP contribution in [0, 0.1) is 0 Å². The topological polar surface area (TPSA) is 78.9 Å². The molecule has 61 heavy (non-hydrogen) atoms. The Morgan fingerprint density at radius 3 is 0.820 bits per heavy atom. The number of hydrogen-bond acceptors (Lipinski definition) is 6. The molecular weight excluding hydrogens is 757 g/mol. The van der Waals surface area contributed by atoms with Gasteiger partial charge in [0, 0.05) is 19.3 Å². The van der Waals surface area contributed by atoms with Gasteiger partial charge in [0.15, 0.2) is 6.10 Å². The third-order valence-electron chi connectivity index (χ3n) is 12.3. The fourth-order valence-corrected chi connectivity index (χ4v) is 8.14. The quantitative estimate of drug-likeness (QED) is 0.0262. The predicted molar refractivity (Wildman–Crippen MR) is 261 cm³/mol. The van der Waals surface area contributed by atoms with Crippen LogP contribution in [-0.4, -0.2) is 37.2 Å². The fraction of sp³-hybridized carbons (Fsp3) is 0.909. The van der Waals surface area contributed by atoms with Crippen LogP contribution in [0.5, 0.6) is 0 Å². The second kappa shape index (κ2) is 50.8. The van der Waals surface area contributed by atoms with Gasteiger partial charge < -0.3 is 14.2 Å². The average molecular weight is 861 g/mol. The molecule has 1 atom stereocenters. The van der Waals surface area contributed by atoms with Gasteiger partial charge in [0.25, 0.3) is 0 Å². The molecule has 0 bridgehead atoms. The summed E-state index contributed by atoms with van der Waals surface area (Å²) in [6, 6.07) is 0. The average Bonchev–Trinajstić information content (AvgIpc) is 3.26. The van der Waals surface area contributed by atoms with Crippen molar-refractivity contribution < 1.29 is 28.6 Å². The number of ether oxygens (including phenoxy) is 3. The number of esters is 3. The first kappa shape index (κ1) is 59.1. The van der Waals surface area contributed by atoms with Crippen molar-refractivity contribution in [1.29, 1.82) is 0 Å². The SMILES string of the molecule is CCCCCCCC/C=C\CCCCCCCC(=O)O[C@H](COC(=O)CCCCCCCCCCCCC)COC(=O)CCCCCCCCCCCCCCCCCCC. The molecule has 6 heteroatoms. The number of unbranched alkanes of at least 4 members (excludes halogenated alkanes) is 37. The second-order valence-corrected chi connectivity index (χ2v) is 18.5. The van der Waals surface area contributed by atoms with Gasteiger partial charge in [-0.3, -0.25) is 14.4 Å². The van der Waals surface area contributed by atoms with Crippen LogP contribution in [0.4, 0.5) is 0 Å². The number of carbonyl (C=O) groups is 3. The number of rotatable bonds is 50. The minimum absolute atomic E-state index is 0.0678. The van der Waals surface area contributed by atoms with Crippen molar-refractivity contribution in [2.24, 2.45) is 0 Å². The summed E-state index contributed by atoms with van der Waals surface area (Å²) in [6.45, 7) is 6.66. The predicted octanol–water partition coefficient (Wildman–Crippen LogP) is 17.8. The molecule has 6 nitrogen and oxygen atoms in total. The molecule has 0 unspecified atom stereocenters. The summed E-state index contributed by atoms with van der Waals surface area (Å²) in [5.74, 6) is -0.858. The van der Waals surface area contributed by atoms with Crippen molar-refractivity contribution in [3.05, 3.63) is 12.2 Å². The lowest BCUT2D eigenvalue weighted by Gasteiger charge is -2.18. The summed E-state index contributed by atoms with van der Waals surface area (Å²) in [6.07, 6.45) is 56.2. The zero-order chi connectivity index (χ0) is 44.4. The van der Waals surface area contributed by atoms with E-state index in [0.29, 0.717) is 19.3 Å². The van der Waals surface area contributed by atoms with Gasteiger partial charge >= 0.3 is 17.9 Å². The molecule has 0 aromatic heterocycles. The fourth-order valence-electron chi connectivity index (χ4n) is 8.14. The van der Waals surface area contributed by atoms with E-state index < -0.39 is 6.10 Å². The van der Waals surface area contributed by atoms with E-state index in [-0.39, 0.29) is 31.1 Å². The van der Waals surface area contributed by atoms with E-state index in [9.17, 15) is 14.4 Å². The monoisotopic (exact) mass is 861 g/mol. The lowest BCUT2D eigenvalue weighted by molar-refractivity contribution is -0.167. The van der Waals surface area contributed by atoms with E-state index in [1.807, 2.05) is 0 Å². The summed E-state index contributed by atoms with van der Waals surface area (Å²) in [4.78, 5) is 38.0. The minimum atomic E-state index is -0.767. The van der Waals surface area contributed by atoms with E-state index in [4.69, 9.17) is 14.2 Å². The molecule has 0 aromatic carbocycles. The van der Waals surface area contributed by atoms with E-state index in [0.717, 1.165) is 64.2 Å². The zero-order valence-electron chi connectivity index (χ0n) is 41.2. The smallest absolute Gasteiger partial charge is 0.306 e. The summed E-state index contributed by atoms with van der Waals surface area (Å²) in [5.41, 5.74) is 0. The third kappa shape index (κ3) is 49.0. The molecule has 0 spiro atoms. The molecule has 0 aliphatic carbocycles. The van der Waals surface area contributed by atoms with E-state index in [2.05, 4.69) is 32.9 Å². The Bertz CT molecular complexity index is 947. The summed E-state index contributed by atoms with van der Waals surface area (Å²) in [5, 5.41) is 0. The van der Waals surface area contributed by atoms with Crippen LogP contribution in [0.3, 0.4) is 0 Å². The normalized spacial score (nSPS) is 12.0. The van der Waals surface area contributed by atoms with Crippen molar-refractivity contribution in [3.8, 4) is 0 Å². The maximum Gasteiger partial charge on any atom is 0.306 e. The van der Waals surface area contributed by atoms with E-state index in [1.165, 1.54) is 199 Å². The highest BCUT2D eigenvalue weighted by Gasteiger charge is 2.19. The Morgan fingerprint density at radius 1 is 0.311 bits per heavy atom. The number of carbonyl (C=O) groups excluding carboxylic acids is 3. The van der Waals surface area contributed by atoms with Crippen molar-refractivity contribution in [1.82, 2.24) is 0 Å². The summed E-state index contributed by atoms with van der Waals surface area (Å²) >= 11 is 0. The van der Waals surface area contributed by atoms with Crippen molar-refractivity contribution in [2.75, 3.05) is 13.2 Å². The Morgan fingerprint density at radius 2 is 0.541 bits per heavy atom. The van der Waals surface area contributed by atoms with Crippen LogP contribution in [0.25, 0.3) is 0 Å². The van der Waals surface area contributed by atoms with Crippen LogP contribution in [0.1, 0.15) is 303 Å². The molecular formula is C55H104O6. The van der Waals surface area contributed by atoms with Crippen LogP contribution >= 0.6 is 0 Å². The third-order valence-corrected chi connectivity index (χ3v) is 12.3. The van der Waals surface area contributed by atoms with Gasteiger partial charge in [-0.05, 0) is 44.9 Å². The number of hydrogen-bond donors (Lipinski definition) is 0. The maximum absolute atomic E-state index is 12.8. The van der Waals surface area contributed by atoms with Crippen molar-refractivity contribution in [2.45, 2.75) is 309 Å². The highest BCUT2D eigenvalue weighted by atomic mass is 16.6. The Balaban J connectivity index is 4.30. The van der Waals surface area contributed by atoms with Gasteiger partial charge in [-0.2, -0.15) is 0 Å². The van der Waals surface area contributed by atoms with Gasteiger partial charge in [0.1, 0.15) is 13.2 Å². The Hall–Kier alpha value is -1.85. The van der Waals surface area contributed by atoms with Gasteiger partial charge in [0.2, 0.25) is 0 Å². The van der Waals surface area contributed by atoms with Crippen LogP contribution in [0.2, 0.25) is 0 Å². The van der Waals surface area contributed by atoms with Gasteiger partial charge in [0.05, 0.1) is 0 Å². The lowest BCUT2D eigenvalue weighted by Crippen LogP contribution is -2.30. The Labute approximate surface area is 380 Å². The molecule has 0 aliphatic heterocycles.